The summed E-state index contributed by atoms with van der Waals surface area (Å²) >= 11 is 5.91. The molecule has 0 spiro atoms. The number of carbonyl (C=O) groups is 4. The van der Waals surface area contributed by atoms with Crippen molar-refractivity contribution in [2.75, 3.05) is 16.3 Å². The van der Waals surface area contributed by atoms with Crippen LogP contribution < -0.4 is 14.5 Å². The molecule has 4 atom stereocenters. The van der Waals surface area contributed by atoms with E-state index in [0.29, 0.717) is 22.8 Å². The highest BCUT2D eigenvalue weighted by Crippen LogP contribution is 2.40. The molecule has 0 radical (unpaired) electrons. The van der Waals surface area contributed by atoms with Crippen molar-refractivity contribution in [2.24, 2.45) is 23.7 Å². The topological polar surface area (TPSA) is 84.0 Å². The van der Waals surface area contributed by atoms with Crippen LogP contribution in [0.5, 0.6) is 5.75 Å². The van der Waals surface area contributed by atoms with Crippen molar-refractivity contribution in [1.82, 2.24) is 0 Å². The lowest BCUT2D eigenvalue weighted by atomic mass is 9.78. The number of esters is 1. The lowest BCUT2D eigenvalue weighted by Crippen LogP contribution is -2.31. The quantitative estimate of drug-likeness (QED) is 0.287. The van der Waals surface area contributed by atoms with Crippen LogP contribution in [-0.2, 0) is 19.2 Å². The number of anilines is 2. The Morgan fingerprint density at radius 3 is 2.32 bits per heavy atom. The van der Waals surface area contributed by atoms with Gasteiger partial charge >= 0.3 is 5.97 Å². The van der Waals surface area contributed by atoms with Crippen molar-refractivity contribution in [2.45, 2.75) is 19.8 Å². The fourth-order valence-electron chi connectivity index (χ4n) is 5.00. The van der Waals surface area contributed by atoms with Gasteiger partial charge in [0, 0.05) is 23.7 Å². The second kappa shape index (κ2) is 8.72. The minimum atomic E-state index is -0.596. The van der Waals surface area contributed by atoms with Gasteiger partial charge in [-0.3, -0.25) is 24.1 Å². The van der Waals surface area contributed by atoms with Gasteiger partial charge in [-0.1, -0.05) is 30.7 Å². The molecule has 0 bridgehead atoms. The molecule has 1 aliphatic carbocycles. The number of amides is 3. The van der Waals surface area contributed by atoms with E-state index in [9.17, 15) is 19.2 Å². The Kier molecular flexibility index (Phi) is 5.73. The summed E-state index contributed by atoms with van der Waals surface area (Å²) in [6.45, 7) is 2.18. The molecule has 34 heavy (non-hydrogen) atoms. The molecular weight excluding hydrogens is 456 g/mol. The Balaban J connectivity index is 1.25. The summed E-state index contributed by atoms with van der Waals surface area (Å²) in [5.41, 5.74) is 1.14. The Morgan fingerprint density at radius 2 is 1.65 bits per heavy atom. The highest BCUT2D eigenvalue weighted by atomic mass is 35.5. The lowest BCUT2D eigenvalue weighted by Gasteiger charge is -2.22. The third kappa shape index (κ3) is 3.90. The smallest absolute Gasteiger partial charge is 0.316 e. The molecule has 0 aromatic heterocycles. The largest absolute Gasteiger partial charge is 0.426 e. The Hall–Kier alpha value is -3.45. The zero-order valence-electron chi connectivity index (χ0n) is 18.5. The number of ether oxygens (including phenoxy) is 1. The second-order valence-electron chi connectivity index (χ2n) is 8.96. The number of hydrogen-bond acceptors (Lipinski definition) is 5. The summed E-state index contributed by atoms with van der Waals surface area (Å²) in [6, 6.07) is 13.2. The predicted molar refractivity (Wildman–Crippen MR) is 126 cm³/mol. The van der Waals surface area contributed by atoms with Crippen LogP contribution in [0.2, 0.25) is 5.02 Å². The first kappa shape index (κ1) is 22.3. The highest BCUT2D eigenvalue weighted by Gasteiger charge is 2.50. The van der Waals surface area contributed by atoms with E-state index in [1.54, 1.807) is 53.4 Å². The SMILES string of the molecule is C[C@@H]1C=CC[C@@H]2C(=O)N(c3ccc(OC(=O)[C@@H]4CC(=O)N(c5ccc(Cl)cc5)C4)cc3)C(=O)[C@@H]12. The van der Waals surface area contributed by atoms with Gasteiger partial charge in [0.05, 0.1) is 23.4 Å². The summed E-state index contributed by atoms with van der Waals surface area (Å²) in [7, 11) is 0. The molecule has 5 rings (SSSR count). The molecule has 2 aromatic rings. The molecule has 2 aliphatic heterocycles. The third-order valence-electron chi connectivity index (χ3n) is 6.78. The molecule has 0 unspecified atom stereocenters. The van der Waals surface area contributed by atoms with E-state index in [0.717, 1.165) is 0 Å². The van der Waals surface area contributed by atoms with E-state index < -0.39 is 11.9 Å². The van der Waals surface area contributed by atoms with Crippen LogP contribution in [-0.4, -0.2) is 30.2 Å². The maximum Gasteiger partial charge on any atom is 0.316 e. The number of carbonyl (C=O) groups excluding carboxylic acids is 4. The molecule has 7 nitrogen and oxygen atoms in total. The summed E-state index contributed by atoms with van der Waals surface area (Å²) in [5.74, 6) is -1.99. The van der Waals surface area contributed by atoms with Gasteiger partial charge in [-0.25, -0.2) is 0 Å². The molecular formula is C26H23ClN2O5. The lowest BCUT2D eigenvalue weighted by molar-refractivity contribution is -0.139. The summed E-state index contributed by atoms with van der Waals surface area (Å²) in [6.07, 6.45) is 4.58. The average Bonchev–Trinajstić information content (AvgIpc) is 3.33. The van der Waals surface area contributed by atoms with Gasteiger partial charge < -0.3 is 9.64 Å². The Labute approximate surface area is 201 Å². The Morgan fingerprint density at radius 1 is 0.971 bits per heavy atom. The van der Waals surface area contributed by atoms with Crippen molar-refractivity contribution >= 4 is 46.7 Å². The van der Waals surface area contributed by atoms with Gasteiger partial charge in [0.2, 0.25) is 17.7 Å². The van der Waals surface area contributed by atoms with Gasteiger partial charge in [0.1, 0.15) is 5.75 Å². The minimum absolute atomic E-state index is 0.0157. The van der Waals surface area contributed by atoms with Gasteiger partial charge in [-0.05, 0) is 60.9 Å². The van der Waals surface area contributed by atoms with E-state index in [-0.39, 0.29) is 54.2 Å². The number of imide groups is 1. The molecule has 174 valence electrons. The number of allylic oxidation sites excluding steroid dienone is 2. The van der Waals surface area contributed by atoms with Crippen LogP contribution in [0.4, 0.5) is 11.4 Å². The molecule has 2 saturated heterocycles. The first-order valence-electron chi connectivity index (χ1n) is 11.3. The van der Waals surface area contributed by atoms with Crippen molar-refractivity contribution < 1.29 is 23.9 Å². The van der Waals surface area contributed by atoms with Crippen molar-refractivity contribution in [3.8, 4) is 5.75 Å². The minimum Gasteiger partial charge on any atom is -0.426 e. The molecule has 3 amide bonds. The summed E-state index contributed by atoms with van der Waals surface area (Å²) < 4.78 is 5.50. The number of fused-ring (bicyclic) bond motifs is 1. The number of benzene rings is 2. The number of hydrogen-bond donors (Lipinski definition) is 0. The molecule has 2 fully saturated rings. The number of nitrogens with zero attached hydrogens (tertiary/aromatic N) is 2. The third-order valence-corrected chi connectivity index (χ3v) is 7.03. The molecule has 2 heterocycles. The first-order valence-corrected chi connectivity index (χ1v) is 11.6. The van der Waals surface area contributed by atoms with Crippen LogP contribution >= 0.6 is 11.6 Å². The average molecular weight is 479 g/mol. The van der Waals surface area contributed by atoms with Crippen molar-refractivity contribution in [3.05, 3.63) is 65.7 Å². The number of rotatable bonds is 4. The van der Waals surface area contributed by atoms with Gasteiger partial charge in [0.15, 0.2) is 0 Å². The van der Waals surface area contributed by atoms with Crippen LogP contribution in [0.15, 0.2) is 60.7 Å². The van der Waals surface area contributed by atoms with Crippen LogP contribution in [0.25, 0.3) is 0 Å². The summed E-state index contributed by atoms with van der Waals surface area (Å²) in [4.78, 5) is 53.7. The molecule has 8 heteroatoms. The van der Waals surface area contributed by atoms with Crippen LogP contribution in [0, 0.1) is 23.7 Å². The van der Waals surface area contributed by atoms with Crippen LogP contribution in [0.3, 0.4) is 0 Å². The Bertz CT molecular complexity index is 1190. The van der Waals surface area contributed by atoms with Gasteiger partial charge in [-0.2, -0.15) is 0 Å². The van der Waals surface area contributed by atoms with Crippen LogP contribution in [0.1, 0.15) is 19.8 Å². The van der Waals surface area contributed by atoms with Gasteiger partial charge in [-0.15, -0.1) is 0 Å². The maximum absolute atomic E-state index is 12.9. The predicted octanol–water partition coefficient (Wildman–Crippen LogP) is 4.00. The first-order chi connectivity index (χ1) is 16.3. The van der Waals surface area contributed by atoms with Crippen molar-refractivity contribution in [1.29, 1.82) is 0 Å². The van der Waals surface area contributed by atoms with E-state index in [1.807, 2.05) is 19.1 Å². The van der Waals surface area contributed by atoms with E-state index in [4.69, 9.17) is 16.3 Å². The molecule has 3 aliphatic rings. The van der Waals surface area contributed by atoms with E-state index >= 15 is 0 Å². The fraction of sp³-hybridized carbons (Fsp3) is 0.308. The number of halogens is 1. The molecule has 2 aromatic carbocycles. The van der Waals surface area contributed by atoms with Crippen molar-refractivity contribution in [3.63, 3.8) is 0 Å². The standard InChI is InChI=1S/C26H23ClN2O5/c1-15-3-2-4-21-23(15)25(32)29(24(21)31)19-9-11-20(12-10-19)34-26(33)16-13-22(30)28(14-16)18-7-5-17(27)6-8-18/h2-3,5-12,15-16,21,23H,4,13-14H2,1H3/t15-,16-,21+,23+/m1/s1. The fourth-order valence-corrected chi connectivity index (χ4v) is 5.13. The van der Waals surface area contributed by atoms with E-state index in [2.05, 4.69) is 0 Å². The maximum atomic E-state index is 12.9. The monoisotopic (exact) mass is 478 g/mol. The normalized spacial score (nSPS) is 26.2. The molecule has 0 saturated carbocycles. The zero-order valence-corrected chi connectivity index (χ0v) is 19.3. The second-order valence-corrected chi connectivity index (χ2v) is 9.40. The summed E-state index contributed by atoms with van der Waals surface area (Å²) in [5, 5.41) is 0.567. The highest BCUT2D eigenvalue weighted by molar-refractivity contribution is 6.30. The molecule has 0 N–H and O–H groups in total. The van der Waals surface area contributed by atoms with E-state index in [1.165, 1.54) is 4.90 Å². The zero-order chi connectivity index (χ0) is 24.0. The van der Waals surface area contributed by atoms with Gasteiger partial charge in [0.25, 0.3) is 0 Å².